The first-order chi connectivity index (χ1) is 27.5. The van der Waals surface area contributed by atoms with Gasteiger partial charge in [0.1, 0.15) is 16.7 Å². The normalized spacial score (nSPS) is 11.6. The summed E-state index contributed by atoms with van der Waals surface area (Å²) in [5.74, 6) is 1.34. The van der Waals surface area contributed by atoms with Gasteiger partial charge in [-0.15, -0.1) is 0 Å². The molecule has 8 aromatic rings. The highest BCUT2D eigenvalue weighted by molar-refractivity contribution is 5.98. The number of aliphatic hydroxyl groups is 1. The number of hydrogen-bond donors (Lipinski definition) is 3. The van der Waals surface area contributed by atoms with E-state index in [9.17, 15) is 9.90 Å². The van der Waals surface area contributed by atoms with Gasteiger partial charge < -0.3 is 25.0 Å². The minimum absolute atomic E-state index is 0.104. The van der Waals surface area contributed by atoms with Crippen LogP contribution >= 0.6 is 0 Å². The fourth-order valence-electron chi connectivity index (χ4n) is 7.47. The summed E-state index contributed by atoms with van der Waals surface area (Å²) in [6.07, 6.45) is 6.36. The Kier molecular flexibility index (Phi) is 10.2. The Balaban J connectivity index is 1.33. The van der Waals surface area contributed by atoms with E-state index in [0.29, 0.717) is 31.1 Å². The molecule has 11 nitrogen and oxygen atoms in total. The second-order valence-corrected chi connectivity index (χ2v) is 13.7. The van der Waals surface area contributed by atoms with Crippen molar-refractivity contribution >= 4 is 33.8 Å². The molecule has 0 spiro atoms. The Hall–Kier alpha value is -6.85. The largest absolute Gasteiger partial charge is 0.450 e. The molecule has 0 bridgehead atoms. The molecular weight excluding hydrogens is 701 g/mol. The van der Waals surface area contributed by atoms with Crippen molar-refractivity contribution in [2.24, 2.45) is 0 Å². The van der Waals surface area contributed by atoms with Crippen molar-refractivity contribution in [3.05, 3.63) is 162 Å². The number of alkyl carbamates (subject to hydrolysis) is 1. The predicted molar refractivity (Wildman–Crippen MR) is 219 cm³/mol. The standard InChI is InChI=1S/C45H42N8O3/c1-46-44(55)56-25-13-12-24-52(2)43-41-38(22-23-48-43)49-42(50-41)40-37-27-32(33-26-31(30-54)28-47-29-33)20-21-39(37)53(51-40)45(34-14-6-3-7-15-34,35-16-8-4-9-17-35)36-18-10-5-11-19-36/h3-11,14-23,26-29,54H,12-13,24-25,30H2,1-2H3,(H,46,55)(H,49,50). The molecule has 0 fully saturated rings. The lowest BCUT2D eigenvalue weighted by Gasteiger charge is -2.37. The van der Waals surface area contributed by atoms with Gasteiger partial charge in [-0.05, 0) is 64.9 Å². The van der Waals surface area contributed by atoms with Gasteiger partial charge in [-0.25, -0.2) is 19.4 Å². The lowest BCUT2D eigenvalue weighted by atomic mass is 9.77. The molecule has 0 saturated heterocycles. The maximum atomic E-state index is 11.5. The second kappa shape index (κ2) is 15.9. The van der Waals surface area contributed by atoms with Gasteiger partial charge in [-0.3, -0.25) is 4.98 Å². The number of H-pyrrole nitrogens is 1. The van der Waals surface area contributed by atoms with Crippen LogP contribution in [0.3, 0.4) is 0 Å². The molecule has 4 aromatic carbocycles. The number of aromatic nitrogens is 6. The maximum Gasteiger partial charge on any atom is 0.406 e. The monoisotopic (exact) mass is 742 g/mol. The molecule has 1 amide bonds. The summed E-state index contributed by atoms with van der Waals surface area (Å²) in [5.41, 5.74) is 7.97. The van der Waals surface area contributed by atoms with Crippen molar-refractivity contribution in [3.8, 4) is 22.6 Å². The van der Waals surface area contributed by atoms with Gasteiger partial charge in [0.15, 0.2) is 11.6 Å². The topological polar surface area (TPSA) is 134 Å². The van der Waals surface area contributed by atoms with Crippen LogP contribution < -0.4 is 10.2 Å². The number of anilines is 1. The first-order valence-electron chi connectivity index (χ1n) is 18.7. The third-order valence-corrected chi connectivity index (χ3v) is 10.2. The highest BCUT2D eigenvalue weighted by atomic mass is 16.5. The zero-order valence-electron chi connectivity index (χ0n) is 31.3. The Bertz CT molecular complexity index is 2490. The van der Waals surface area contributed by atoms with Crippen molar-refractivity contribution < 1.29 is 14.6 Å². The molecule has 0 aliphatic heterocycles. The van der Waals surface area contributed by atoms with E-state index in [1.165, 1.54) is 0 Å². The summed E-state index contributed by atoms with van der Waals surface area (Å²) in [7, 11) is 3.54. The molecular formula is C45H42N8O3. The maximum absolute atomic E-state index is 11.5. The van der Waals surface area contributed by atoms with Gasteiger partial charge >= 0.3 is 6.09 Å². The van der Waals surface area contributed by atoms with E-state index >= 15 is 0 Å². The highest BCUT2D eigenvalue weighted by Gasteiger charge is 2.41. The molecule has 8 rings (SSSR count). The van der Waals surface area contributed by atoms with E-state index in [0.717, 1.165) is 67.6 Å². The Morgan fingerprint density at radius 1 is 0.857 bits per heavy atom. The molecule has 0 saturated carbocycles. The van der Waals surface area contributed by atoms with Gasteiger partial charge in [-0.1, -0.05) is 97.1 Å². The molecule has 0 aliphatic rings. The van der Waals surface area contributed by atoms with Crippen LogP contribution in [0.2, 0.25) is 0 Å². The van der Waals surface area contributed by atoms with E-state index in [1.54, 1.807) is 19.4 Å². The van der Waals surface area contributed by atoms with E-state index in [2.05, 4.69) is 116 Å². The van der Waals surface area contributed by atoms with Crippen LogP contribution in [0.5, 0.6) is 0 Å². The molecule has 0 aliphatic carbocycles. The number of rotatable bonds is 13. The fourth-order valence-corrected chi connectivity index (χ4v) is 7.47. The number of pyridine rings is 2. The number of carbonyl (C=O) groups is 1. The van der Waals surface area contributed by atoms with Crippen LogP contribution in [-0.2, 0) is 16.9 Å². The molecule has 4 aromatic heterocycles. The molecule has 0 radical (unpaired) electrons. The number of nitrogens with zero attached hydrogens (tertiary/aromatic N) is 6. The minimum Gasteiger partial charge on any atom is -0.450 e. The Labute approximate surface area is 324 Å². The Morgan fingerprint density at radius 2 is 1.54 bits per heavy atom. The second-order valence-electron chi connectivity index (χ2n) is 13.7. The van der Waals surface area contributed by atoms with E-state index in [-0.39, 0.29) is 6.61 Å². The van der Waals surface area contributed by atoms with Crippen LogP contribution in [0.15, 0.2) is 140 Å². The third-order valence-electron chi connectivity index (χ3n) is 10.2. The van der Waals surface area contributed by atoms with Crippen molar-refractivity contribution in [2.75, 3.05) is 32.1 Å². The number of fused-ring (bicyclic) bond motifs is 2. The van der Waals surface area contributed by atoms with Crippen molar-refractivity contribution in [1.82, 2.24) is 35.0 Å². The number of benzene rings is 4. The number of aliphatic hydroxyl groups excluding tert-OH is 1. The van der Waals surface area contributed by atoms with Crippen molar-refractivity contribution in [1.29, 1.82) is 0 Å². The molecule has 3 N–H and O–H groups in total. The van der Waals surface area contributed by atoms with Gasteiger partial charge in [0.2, 0.25) is 0 Å². The fraction of sp³-hybridized carbons (Fsp3) is 0.178. The number of carbonyl (C=O) groups excluding carboxylic acids is 1. The third kappa shape index (κ3) is 6.73. The first kappa shape index (κ1) is 36.1. The average Bonchev–Trinajstić information content (AvgIpc) is 3.87. The number of imidazole rings is 1. The van der Waals surface area contributed by atoms with Crippen molar-refractivity contribution in [3.63, 3.8) is 0 Å². The van der Waals surface area contributed by atoms with Crippen LogP contribution in [0.1, 0.15) is 35.1 Å². The number of ether oxygens (including phenoxy) is 1. The quantitative estimate of drug-likeness (QED) is 0.0801. The molecule has 4 heterocycles. The van der Waals surface area contributed by atoms with Crippen LogP contribution in [0.4, 0.5) is 10.6 Å². The summed E-state index contributed by atoms with van der Waals surface area (Å²) in [6.45, 7) is 0.931. The van der Waals surface area contributed by atoms with E-state index in [4.69, 9.17) is 19.8 Å². The smallest absolute Gasteiger partial charge is 0.406 e. The Morgan fingerprint density at radius 3 is 2.18 bits per heavy atom. The van der Waals surface area contributed by atoms with Crippen LogP contribution in [-0.4, -0.2) is 68.2 Å². The van der Waals surface area contributed by atoms with Gasteiger partial charge in [0.25, 0.3) is 0 Å². The lowest BCUT2D eigenvalue weighted by Crippen LogP contribution is -2.38. The van der Waals surface area contributed by atoms with Crippen LogP contribution in [0.25, 0.3) is 44.6 Å². The number of hydrogen-bond acceptors (Lipinski definition) is 8. The molecule has 0 unspecified atom stereocenters. The number of aromatic amines is 1. The molecule has 11 heteroatoms. The minimum atomic E-state index is -0.874. The highest BCUT2D eigenvalue weighted by Crippen LogP contribution is 2.44. The summed E-state index contributed by atoms with van der Waals surface area (Å²) >= 11 is 0. The van der Waals surface area contributed by atoms with Gasteiger partial charge in [0.05, 0.1) is 24.2 Å². The average molecular weight is 743 g/mol. The molecule has 0 atom stereocenters. The van der Waals surface area contributed by atoms with Gasteiger partial charge in [0, 0.05) is 50.2 Å². The van der Waals surface area contributed by atoms with Crippen LogP contribution in [0, 0.1) is 0 Å². The predicted octanol–water partition coefficient (Wildman–Crippen LogP) is 7.94. The SMILES string of the molecule is CNC(=O)OCCCCN(C)c1nccc2[nH]c(-c3nn(C(c4ccccc4)(c4ccccc4)c4ccccc4)c4ccc(-c5cncc(CO)c5)cc34)nc12. The summed E-state index contributed by atoms with van der Waals surface area (Å²) in [5, 5.41) is 18.9. The number of unbranched alkanes of at least 4 members (excludes halogenated alkanes) is 1. The van der Waals surface area contributed by atoms with Crippen molar-refractivity contribution in [2.45, 2.75) is 25.0 Å². The zero-order valence-corrected chi connectivity index (χ0v) is 31.3. The van der Waals surface area contributed by atoms with E-state index < -0.39 is 11.6 Å². The molecule has 280 valence electrons. The van der Waals surface area contributed by atoms with E-state index in [1.807, 2.05) is 43.6 Å². The molecule has 56 heavy (non-hydrogen) atoms. The summed E-state index contributed by atoms with van der Waals surface area (Å²) in [6, 6.07) is 41.7. The number of amides is 1. The first-order valence-corrected chi connectivity index (χ1v) is 18.7. The summed E-state index contributed by atoms with van der Waals surface area (Å²) < 4.78 is 7.31. The number of nitrogens with one attached hydrogen (secondary N) is 2. The van der Waals surface area contributed by atoms with Gasteiger partial charge in [-0.2, -0.15) is 5.10 Å². The lowest BCUT2D eigenvalue weighted by molar-refractivity contribution is 0.146. The zero-order chi connectivity index (χ0) is 38.5. The summed E-state index contributed by atoms with van der Waals surface area (Å²) in [4.78, 5) is 31.5.